The van der Waals surface area contributed by atoms with Crippen LogP contribution in [0.5, 0.6) is 0 Å². The molecule has 0 radical (unpaired) electrons. The molecule has 1 aromatic rings. The van der Waals surface area contributed by atoms with Gasteiger partial charge in [0.05, 0.1) is 10.7 Å². The summed E-state index contributed by atoms with van der Waals surface area (Å²) in [5, 5.41) is 0.494. The Morgan fingerprint density at radius 3 is 2.32 bits per heavy atom. The van der Waals surface area contributed by atoms with Gasteiger partial charge in [-0.1, -0.05) is 38.3 Å². The van der Waals surface area contributed by atoms with Crippen LogP contribution in [0, 0.1) is 11.2 Å². The summed E-state index contributed by atoms with van der Waals surface area (Å²) in [6, 6.07) is 2.88. The van der Waals surface area contributed by atoms with E-state index >= 15 is 0 Å². The van der Waals surface area contributed by atoms with Gasteiger partial charge in [-0.25, -0.2) is 4.39 Å². The number of hydrogen-bond donors (Lipinski definition) is 0. The molecule has 1 saturated heterocycles. The zero-order chi connectivity index (χ0) is 14.0. The molecule has 106 valence electrons. The second-order valence-corrected chi connectivity index (χ2v) is 6.84. The van der Waals surface area contributed by atoms with Crippen molar-refractivity contribution >= 4 is 33.2 Å². The van der Waals surface area contributed by atoms with E-state index in [1.807, 2.05) is 0 Å². The highest BCUT2D eigenvalue weighted by molar-refractivity contribution is 9.10. The van der Waals surface area contributed by atoms with E-state index in [2.05, 4.69) is 34.7 Å². The third kappa shape index (κ3) is 3.08. The largest absolute Gasteiger partial charge is 0.368 e. The second kappa shape index (κ2) is 6.01. The summed E-state index contributed by atoms with van der Waals surface area (Å²) in [5.74, 6) is -0.297. The van der Waals surface area contributed by atoms with E-state index in [0.29, 0.717) is 10.4 Å². The minimum absolute atomic E-state index is 0.297. The maximum absolute atomic E-state index is 13.3. The highest BCUT2D eigenvalue weighted by atomic mass is 79.9. The van der Waals surface area contributed by atoms with Crippen molar-refractivity contribution in [3.8, 4) is 0 Å². The Morgan fingerprint density at radius 2 is 1.84 bits per heavy atom. The Bertz CT molecular complexity index is 426. The highest BCUT2D eigenvalue weighted by Gasteiger charge is 2.42. The minimum atomic E-state index is -0.297. The van der Waals surface area contributed by atoms with E-state index in [9.17, 15) is 4.39 Å². The summed E-state index contributed by atoms with van der Waals surface area (Å²) in [6.45, 7) is 6.53. The van der Waals surface area contributed by atoms with Gasteiger partial charge in [0.1, 0.15) is 5.82 Å². The van der Waals surface area contributed by atoms with Gasteiger partial charge >= 0.3 is 0 Å². The van der Waals surface area contributed by atoms with Crippen molar-refractivity contribution in [1.29, 1.82) is 0 Å². The molecule has 1 fully saturated rings. The SMILES string of the molecule is CCCC1(CCC)CN(c2c(Cl)cc(F)cc2Br)C1. The Balaban J connectivity index is 2.15. The van der Waals surface area contributed by atoms with Gasteiger partial charge in [-0.3, -0.25) is 0 Å². The maximum atomic E-state index is 13.3. The van der Waals surface area contributed by atoms with Crippen LogP contribution in [-0.2, 0) is 0 Å². The van der Waals surface area contributed by atoms with Crippen molar-refractivity contribution < 1.29 is 4.39 Å². The Kier molecular flexibility index (Phi) is 4.78. The number of benzene rings is 1. The van der Waals surface area contributed by atoms with Gasteiger partial charge in [0.15, 0.2) is 0 Å². The summed E-state index contributed by atoms with van der Waals surface area (Å²) >= 11 is 9.60. The van der Waals surface area contributed by atoms with Crippen LogP contribution in [0.3, 0.4) is 0 Å². The molecule has 1 nitrogen and oxygen atoms in total. The first kappa shape index (κ1) is 15.1. The van der Waals surface area contributed by atoms with Crippen molar-refractivity contribution in [2.45, 2.75) is 39.5 Å². The van der Waals surface area contributed by atoms with Crippen LogP contribution >= 0.6 is 27.5 Å². The molecule has 0 aliphatic carbocycles. The molecule has 0 bridgehead atoms. The van der Waals surface area contributed by atoms with Gasteiger partial charge in [-0.05, 0) is 40.9 Å². The van der Waals surface area contributed by atoms with Crippen molar-refractivity contribution in [3.05, 3.63) is 27.4 Å². The molecule has 1 aromatic carbocycles. The molecule has 0 unspecified atom stereocenters. The Hall–Kier alpha value is -0.280. The number of halogens is 3. The standard InChI is InChI=1S/C15H20BrClFN/c1-3-5-15(6-4-2)9-19(10-15)14-12(16)7-11(18)8-13(14)17/h7-8H,3-6,9-10H2,1-2H3. The minimum Gasteiger partial charge on any atom is -0.368 e. The summed E-state index contributed by atoms with van der Waals surface area (Å²) in [5.41, 5.74) is 1.37. The van der Waals surface area contributed by atoms with E-state index in [4.69, 9.17) is 11.6 Å². The summed E-state index contributed by atoms with van der Waals surface area (Å²) < 4.78 is 14.0. The molecule has 2 rings (SSSR count). The summed E-state index contributed by atoms with van der Waals surface area (Å²) in [6.07, 6.45) is 4.94. The average molecular weight is 349 g/mol. The lowest BCUT2D eigenvalue weighted by Crippen LogP contribution is -2.56. The molecule has 0 N–H and O–H groups in total. The second-order valence-electron chi connectivity index (χ2n) is 5.57. The zero-order valence-corrected chi connectivity index (χ0v) is 13.8. The lowest BCUT2D eigenvalue weighted by molar-refractivity contribution is 0.173. The van der Waals surface area contributed by atoms with Crippen LogP contribution in [-0.4, -0.2) is 13.1 Å². The molecule has 1 aliphatic heterocycles. The first-order valence-electron chi connectivity index (χ1n) is 6.91. The normalized spacial score (nSPS) is 17.4. The van der Waals surface area contributed by atoms with Crippen LogP contribution in [0.1, 0.15) is 39.5 Å². The van der Waals surface area contributed by atoms with Crippen molar-refractivity contribution in [1.82, 2.24) is 0 Å². The van der Waals surface area contributed by atoms with Gasteiger partial charge in [0.2, 0.25) is 0 Å². The molecule has 1 heterocycles. The maximum Gasteiger partial charge on any atom is 0.125 e. The topological polar surface area (TPSA) is 3.24 Å². The average Bonchev–Trinajstić information content (AvgIpc) is 2.25. The molecule has 0 saturated carbocycles. The molecule has 19 heavy (non-hydrogen) atoms. The van der Waals surface area contributed by atoms with Crippen molar-refractivity contribution in [2.24, 2.45) is 5.41 Å². The van der Waals surface area contributed by atoms with E-state index in [0.717, 1.165) is 23.2 Å². The van der Waals surface area contributed by atoms with Crippen LogP contribution in [0.4, 0.5) is 10.1 Å². The lowest BCUT2D eigenvalue weighted by Gasteiger charge is -2.52. The van der Waals surface area contributed by atoms with Gasteiger partial charge in [-0.15, -0.1) is 0 Å². The molecule has 0 atom stereocenters. The fourth-order valence-electron chi connectivity index (χ4n) is 3.26. The third-order valence-electron chi connectivity index (χ3n) is 3.91. The molecule has 4 heteroatoms. The van der Waals surface area contributed by atoms with Crippen LogP contribution in [0.25, 0.3) is 0 Å². The van der Waals surface area contributed by atoms with Gasteiger partial charge < -0.3 is 4.90 Å². The summed E-state index contributed by atoms with van der Waals surface area (Å²) in [4.78, 5) is 2.26. The summed E-state index contributed by atoms with van der Waals surface area (Å²) in [7, 11) is 0. The van der Waals surface area contributed by atoms with E-state index in [-0.39, 0.29) is 5.82 Å². The number of nitrogens with zero attached hydrogens (tertiary/aromatic N) is 1. The van der Waals surface area contributed by atoms with Gasteiger partial charge in [0.25, 0.3) is 0 Å². The lowest BCUT2D eigenvalue weighted by atomic mass is 9.72. The van der Waals surface area contributed by atoms with Gasteiger partial charge in [0, 0.05) is 23.0 Å². The first-order valence-corrected chi connectivity index (χ1v) is 8.08. The zero-order valence-electron chi connectivity index (χ0n) is 11.5. The van der Waals surface area contributed by atoms with E-state index in [1.165, 1.54) is 37.8 Å². The van der Waals surface area contributed by atoms with Crippen LogP contribution in [0.15, 0.2) is 16.6 Å². The molecule has 0 aromatic heterocycles. The van der Waals surface area contributed by atoms with Crippen LogP contribution in [0.2, 0.25) is 5.02 Å². The van der Waals surface area contributed by atoms with E-state index < -0.39 is 0 Å². The Labute approximate surface area is 128 Å². The monoisotopic (exact) mass is 347 g/mol. The fourth-order valence-corrected chi connectivity index (χ4v) is 4.38. The fraction of sp³-hybridized carbons (Fsp3) is 0.600. The predicted octanol–water partition coefficient (Wildman–Crippen LogP) is 5.65. The molecule has 0 spiro atoms. The number of hydrogen-bond acceptors (Lipinski definition) is 1. The van der Waals surface area contributed by atoms with Gasteiger partial charge in [-0.2, -0.15) is 0 Å². The van der Waals surface area contributed by atoms with Crippen molar-refractivity contribution in [3.63, 3.8) is 0 Å². The van der Waals surface area contributed by atoms with Crippen molar-refractivity contribution in [2.75, 3.05) is 18.0 Å². The van der Waals surface area contributed by atoms with Crippen LogP contribution < -0.4 is 4.90 Å². The van der Waals surface area contributed by atoms with E-state index in [1.54, 1.807) is 0 Å². The number of anilines is 1. The molecular weight excluding hydrogens is 329 g/mol. The Morgan fingerprint density at radius 1 is 1.26 bits per heavy atom. The predicted molar refractivity (Wildman–Crippen MR) is 83.6 cm³/mol. The third-order valence-corrected chi connectivity index (χ3v) is 4.80. The highest BCUT2D eigenvalue weighted by Crippen LogP contribution is 2.46. The number of rotatable bonds is 5. The molecule has 1 aliphatic rings. The molecular formula is C15H20BrClFN. The quantitative estimate of drug-likeness (QED) is 0.664. The first-order chi connectivity index (χ1) is 9.01. The smallest absolute Gasteiger partial charge is 0.125 e. The molecule has 0 amide bonds.